The molecule has 3 rings (SSSR count). The summed E-state index contributed by atoms with van der Waals surface area (Å²) in [6, 6.07) is 5.79. The van der Waals surface area contributed by atoms with Crippen molar-refractivity contribution in [2.45, 2.75) is 50.1 Å². The zero-order valence-electron chi connectivity index (χ0n) is 17.6. The van der Waals surface area contributed by atoms with Crippen molar-refractivity contribution in [1.82, 2.24) is 4.90 Å². The van der Waals surface area contributed by atoms with Gasteiger partial charge in [0.05, 0.1) is 5.60 Å². The molecule has 3 unspecified atom stereocenters. The van der Waals surface area contributed by atoms with E-state index in [1.54, 1.807) is 19.2 Å². The van der Waals surface area contributed by atoms with Crippen molar-refractivity contribution in [1.29, 1.82) is 0 Å². The Morgan fingerprint density at radius 3 is 2.27 bits per heavy atom. The molecule has 0 bridgehead atoms. The van der Waals surface area contributed by atoms with E-state index in [4.69, 9.17) is 4.74 Å². The van der Waals surface area contributed by atoms with E-state index in [1.165, 1.54) is 25.0 Å². The number of rotatable bonds is 8. The molecule has 0 aromatic heterocycles. The van der Waals surface area contributed by atoms with Crippen molar-refractivity contribution < 1.29 is 30.5 Å². The van der Waals surface area contributed by atoms with Crippen molar-refractivity contribution in [3.05, 3.63) is 29.8 Å². The van der Waals surface area contributed by atoms with Crippen LogP contribution in [0.15, 0.2) is 24.3 Å². The Hall–Kier alpha value is -1.32. The summed E-state index contributed by atoms with van der Waals surface area (Å²) < 4.78 is 70.7. The zero-order valence-corrected chi connectivity index (χ0v) is 18.4. The van der Waals surface area contributed by atoms with E-state index in [1.807, 2.05) is 0 Å². The lowest BCUT2D eigenvalue weighted by molar-refractivity contribution is -0.131. The molecule has 30 heavy (non-hydrogen) atoms. The fourth-order valence-corrected chi connectivity index (χ4v) is 5.33. The average molecular weight is 450 g/mol. The summed E-state index contributed by atoms with van der Waals surface area (Å²) in [4.78, 5) is 2.35. The van der Waals surface area contributed by atoms with Crippen LogP contribution in [0.2, 0.25) is 0 Å². The van der Waals surface area contributed by atoms with Crippen molar-refractivity contribution in [3.8, 4) is 5.75 Å². The predicted octanol–water partition coefficient (Wildman–Crippen LogP) is 4.53. The molecule has 2 aliphatic carbocycles. The van der Waals surface area contributed by atoms with Gasteiger partial charge < -0.3 is 13.8 Å². The summed E-state index contributed by atoms with van der Waals surface area (Å²) in [5.41, 5.74) is -5.22. The Bertz CT molecular complexity index is 824. The van der Waals surface area contributed by atoms with E-state index < -0.39 is 21.2 Å². The summed E-state index contributed by atoms with van der Waals surface area (Å²) >= 11 is 0. The smallest absolute Gasteiger partial charge is 0.376 e. The minimum Gasteiger partial charge on any atom is -0.376 e. The minimum atomic E-state index is -5.69. The molecular formula is C21H30F3NO4S. The Kier molecular flexibility index (Phi) is 6.74. The lowest BCUT2D eigenvalue weighted by Crippen LogP contribution is -2.50. The number of methoxy groups -OCH3 is 1. The minimum absolute atomic E-state index is 0.209. The molecule has 3 atom stereocenters. The van der Waals surface area contributed by atoms with Crippen LogP contribution in [0.5, 0.6) is 5.75 Å². The van der Waals surface area contributed by atoms with Gasteiger partial charge >= 0.3 is 15.6 Å². The standard InChI is InChI=1S/C21H30F3NO4S/c1-15-5-4-6-18(14-25(2)13-16-7-8-16)20(15,28-3)17-9-11-19(12-10-17)29-30(26,27)21(22,23)24/h9-12,15-16,18H,4-8,13-14H2,1-3H3. The summed E-state index contributed by atoms with van der Waals surface area (Å²) in [7, 11) is -1.89. The van der Waals surface area contributed by atoms with Crippen LogP contribution in [-0.2, 0) is 20.5 Å². The highest BCUT2D eigenvalue weighted by molar-refractivity contribution is 7.88. The normalized spacial score (nSPS) is 28.0. The first-order valence-electron chi connectivity index (χ1n) is 10.3. The van der Waals surface area contributed by atoms with Gasteiger partial charge in [0.15, 0.2) is 0 Å². The van der Waals surface area contributed by atoms with Gasteiger partial charge in [0.25, 0.3) is 0 Å². The molecule has 9 heteroatoms. The van der Waals surface area contributed by atoms with Gasteiger partial charge in [-0.05, 0) is 62.3 Å². The predicted molar refractivity (Wildman–Crippen MR) is 107 cm³/mol. The van der Waals surface area contributed by atoms with Gasteiger partial charge in [-0.15, -0.1) is 0 Å². The molecule has 0 radical (unpaired) electrons. The summed E-state index contributed by atoms with van der Waals surface area (Å²) in [6.45, 7) is 4.07. The SMILES string of the molecule is COC1(c2ccc(OS(=O)(=O)C(F)(F)F)cc2)C(C)CCCC1CN(C)CC1CC1. The van der Waals surface area contributed by atoms with Crippen molar-refractivity contribution in [2.75, 3.05) is 27.2 Å². The fraction of sp³-hybridized carbons (Fsp3) is 0.714. The van der Waals surface area contributed by atoms with Crippen LogP contribution in [0.1, 0.15) is 44.6 Å². The molecule has 2 aliphatic rings. The van der Waals surface area contributed by atoms with Crippen molar-refractivity contribution in [3.63, 3.8) is 0 Å². The monoisotopic (exact) mass is 449 g/mol. The Morgan fingerprint density at radius 2 is 1.73 bits per heavy atom. The molecule has 5 nitrogen and oxygen atoms in total. The maximum absolute atomic E-state index is 12.6. The first kappa shape index (κ1) is 23.3. The van der Waals surface area contributed by atoms with Gasteiger partial charge in [-0.2, -0.15) is 21.6 Å². The molecular weight excluding hydrogens is 419 g/mol. The molecule has 2 saturated carbocycles. The van der Waals surface area contributed by atoms with Crippen LogP contribution in [-0.4, -0.2) is 46.1 Å². The van der Waals surface area contributed by atoms with Crippen LogP contribution in [0.4, 0.5) is 13.2 Å². The maximum Gasteiger partial charge on any atom is 0.534 e. The average Bonchev–Trinajstić information content (AvgIpc) is 3.46. The molecule has 0 N–H and O–H groups in total. The molecule has 2 fully saturated rings. The number of nitrogens with zero attached hydrogens (tertiary/aromatic N) is 1. The lowest BCUT2D eigenvalue weighted by Gasteiger charge is -2.49. The largest absolute Gasteiger partial charge is 0.534 e. The topological polar surface area (TPSA) is 55.8 Å². The highest BCUT2D eigenvalue weighted by Gasteiger charge is 2.49. The molecule has 0 amide bonds. The number of hydrogen-bond donors (Lipinski definition) is 0. The van der Waals surface area contributed by atoms with E-state index in [2.05, 4.69) is 23.1 Å². The van der Waals surface area contributed by atoms with Crippen LogP contribution in [0.25, 0.3) is 0 Å². The second kappa shape index (κ2) is 8.67. The third-order valence-electron chi connectivity index (χ3n) is 6.46. The van der Waals surface area contributed by atoms with E-state index >= 15 is 0 Å². The molecule has 0 saturated heterocycles. The molecule has 1 aromatic rings. The second-order valence-electron chi connectivity index (χ2n) is 8.70. The van der Waals surface area contributed by atoms with Gasteiger partial charge in [-0.3, -0.25) is 0 Å². The van der Waals surface area contributed by atoms with Crippen molar-refractivity contribution >= 4 is 10.1 Å². The van der Waals surface area contributed by atoms with Crippen LogP contribution >= 0.6 is 0 Å². The third-order valence-corrected chi connectivity index (χ3v) is 7.44. The van der Waals surface area contributed by atoms with Gasteiger partial charge in [-0.1, -0.05) is 25.5 Å². The molecule has 1 aromatic carbocycles. The van der Waals surface area contributed by atoms with Gasteiger partial charge in [-0.25, -0.2) is 0 Å². The van der Waals surface area contributed by atoms with Gasteiger partial charge in [0.1, 0.15) is 5.75 Å². The molecule has 0 spiro atoms. The maximum atomic E-state index is 12.6. The number of benzene rings is 1. The third kappa shape index (κ3) is 4.78. The Labute approximate surface area is 176 Å². The number of ether oxygens (including phenoxy) is 1. The molecule has 0 aliphatic heterocycles. The first-order valence-corrected chi connectivity index (χ1v) is 11.8. The number of halogens is 3. The van der Waals surface area contributed by atoms with Crippen molar-refractivity contribution in [2.24, 2.45) is 17.8 Å². The van der Waals surface area contributed by atoms with E-state index in [0.29, 0.717) is 0 Å². The highest BCUT2D eigenvalue weighted by atomic mass is 32.2. The van der Waals surface area contributed by atoms with E-state index in [-0.39, 0.29) is 17.6 Å². The van der Waals surface area contributed by atoms with Gasteiger partial charge in [0.2, 0.25) is 0 Å². The van der Waals surface area contributed by atoms with Crippen LogP contribution in [0, 0.1) is 17.8 Å². The summed E-state index contributed by atoms with van der Waals surface area (Å²) in [6.07, 6.45) is 5.64. The zero-order chi connectivity index (χ0) is 22.2. The van der Waals surface area contributed by atoms with Gasteiger partial charge in [0, 0.05) is 26.1 Å². The van der Waals surface area contributed by atoms with E-state index in [9.17, 15) is 21.6 Å². The van der Waals surface area contributed by atoms with Crippen LogP contribution in [0.3, 0.4) is 0 Å². The lowest BCUT2D eigenvalue weighted by atomic mass is 9.65. The summed E-state index contributed by atoms with van der Waals surface area (Å²) in [5, 5.41) is 0. The first-order chi connectivity index (χ1) is 14.0. The molecule has 170 valence electrons. The second-order valence-corrected chi connectivity index (χ2v) is 10.2. The quantitative estimate of drug-likeness (QED) is 0.431. The van der Waals surface area contributed by atoms with Crippen LogP contribution < -0.4 is 4.18 Å². The Morgan fingerprint density at radius 1 is 1.10 bits per heavy atom. The highest BCUT2D eigenvalue weighted by Crippen LogP contribution is 2.49. The Balaban J connectivity index is 1.84. The molecule has 0 heterocycles. The number of hydrogen-bond acceptors (Lipinski definition) is 5. The van der Waals surface area contributed by atoms with E-state index in [0.717, 1.165) is 43.8 Å². The number of alkyl halides is 3. The fourth-order valence-electron chi connectivity index (χ4n) is 4.87. The summed E-state index contributed by atoms with van der Waals surface area (Å²) in [5.74, 6) is 0.843.